The van der Waals surface area contributed by atoms with Crippen molar-refractivity contribution in [3.8, 4) is 0 Å². The van der Waals surface area contributed by atoms with Crippen molar-refractivity contribution in [2.45, 2.75) is 19.4 Å². The second-order valence-electron chi connectivity index (χ2n) is 5.38. The first kappa shape index (κ1) is 17.9. The molecule has 0 saturated heterocycles. The largest absolute Gasteiger partial charge is 0.381 e. The first-order chi connectivity index (χ1) is 11.9. The first-order valence-electron chi connectivity index (χ1n) is 8.34. The van der Waals surface area contributed by atoms with Gasteiger partial charge in [-0.2, -0.15) is 0 Å². The average Bonchev–Trinajstić information content (AvgIpc) is 2.65. The molecule has 24 heavy (non-hydrogen) atoms. The van der Waals surface area contributed by atoms with Gasteiger partial charge in [0.1, 0.15) is 0 Å². The van der Waals surface area contributed by atoms with Crippen LogP contribution in [0.25, 0.3) is 0 Å². The lowest BCUT2D eigenvalue weighted by Crippen LogP contribution is -2.37. The lowest BCUT2D eigenvalue weighted by molar-refractivity contribution is 0.135. The Labute approximate surface area is 144 Å². The lowest BCUT2D eigenvalue weighted by Gasteiger charge is -2.11. The molecule has 1 heterocycles. The van der Waals surface area contributed by atoms with Crippen LogP contribution >= 0.6 is 0 Å². The zero-order valence-corrected chi connectivity index (χ0v) is 14.2. The van der Waals surface area contributed by atoms with E-state index in [1.54, 1.807) is 13.2 Å². The van der Waals surface area contributed by atoms with Crippen LogP contribution in [0, 0.1) is 0 Å². The van der Waals surface area contributed by atoms with Crippen molar-refractivity contribution in [3.63, 3.8) is 0 Å². The van der Waals surface area contributed by atoms with Crippen molar-refractivity contribution < 1.29 is 4.74 Å². The summed E-state index contributed by atoms with van der Waals surface area (Å²) in [6.07, 6.45) is 3.70. The molecule has 2 N–H and O–H groups in total. The van der Waals surface area contributed by atoms with Crippen LogP contribution in [-0.2, 0) is 17.7 Å². The molecule has 0 aliphatic heterocycles. The molecule has 2 rings (SSSR count). The minimum atomic E-state index is 0.661. The van der Waals surface area contributed by atoms with E-state index in [1.165, 1.54) is 5.56 Å². The average molecular weight is 326 g/mol. The fraction of sp³-hybridized carbons (Fsp3) is 0.368. The quantitative estimate of drug-likeness (QED) is 0.422. The minimum absolute atomic E-state index is 0.661. The highest BCUT2D eigenvalue weighted by atomic mass is 16.5. The number of guanidine groups is 1. The maximum atomic E-state index is 5.67. The molecule has 2 aromatic rings. The summed E-state index contributed by atoms with van der Waals surface area (Å²) in [5, 5.41) is 6.52. The minimum Gasteiger partial charge on any atom is -0.381 e. The molecule has 0 spiro atoms. The molecule has 0 aliphatic carbocycles. The Morgan fingerprint density at radius 2 is 1.88 bits per heavy atom. The molecule has 1 aromatic heterocycles. The zero-order chi connectivity index (χ0) is 16.9. The van der Waals surface area contributed by atoms with Crippen molar-refractivity contribution in [3.05, 3.63) is 66.0 Å². The summed E-state index contributed by atoms with van der Waals surface area (Å²) in [5.74, 6) is 0.782. The van der Waals surface area contributed by atoms with Crippen LogP contribution < -0.4 is 10.6 Å². The van der Waals surface area contributed by atoms with Gasteiger partial charge in [-0.15, -0.1) is 0 Å². The highest BCUT2D eigenvalue weighted by Crippen LogP contribution is 1.99. The van der Waals surface area contributed by atoms with Crippen LogP contribution in [0.2, 0.25) is 0 Å². The van der Waals surface area contributed by atoms with Crippen molar-refractivity contribution in [2.24, 2.45) is 4.99 Å². The highest BCUT2D eigenvalue weighted by Gasteiger charge is 1.98. The van der Waals surface area contributed by atoms with Gasteiger partial charge in [-0.3, -0.25) is 9.98 Å². The van der Waals surface area contributed by atoms with Crippen LogP contribution in [0.5, 0.6) is 0 Å². The predicted molar refractivity (Wildman–Crippen MR) is 98.0 cm³/mol. The lowest BCUT2D eigenvalue weighted by atomic mass is 10.2. The van der Waals surface area contributed by atoms with Crippen LogP contribution in [0.4, 0.5) is 0 Å². The van der Waals surface area contributed by atoms with Gasteiger partial charge in [0.05, 0.1) is 18.8 Å². The van der Waals surface area contributed by atoms with Crippen molar-refractivity contribution in [2.75, 3.05) is 26.8 Å². The number of aliphatic imine (C=N–C) groups is 1. The van der Waals surface area contributed by atoms with E-state index >= 15 is 0 Å². The number of nitrogens with one attached hydrogen (secondary N) is 2. The molecule has 0 atom stereocenters. The van der Waals surface area contributed by atoms with Gasteiger partial charge in [-0.25, -0.2) is 0 Å². The van der Waals surface area contributed by atoms with Crippen LogP contribution in [0.3, 0.4) is 0 Å². The fourth-order valence-corrected chi connectivity index (χ4v) is 2.22. The van der Waals surface area contributed by atoms with Crippen molar-refractivity contribution in [1.82, 2.24) is 15.6 Å². The number of aromatic nitrogens is 1. The molecule has 0 aliphatic rings. The fourth-order valence-electron chi connectivity index (χ4n) is 2.22. The Hall–Kier alpha value is -2.40. The Balaban J connectivity index is 1.51. The van der Waals surface area contributed by atoms with E-state index in [0.717, 1.165) is 44.3 Å². The van der Waals surface area contributed by atoms with Gasteiger partial charge in [0.2, 0.25) is 0 Å². The van der Waals surface area contributed by atoms with Gasteiger partial charge in [0.15, 0.2) is 5.96 Å². The summed E-state index contributed by atoms with van der Waals surface area (Å²) < 4.78 is 5.67. The molecule has 5 heteroatoms. The molecule has 0 saturated carbocycles. The molecule has 0 amide bonds. The Morgan fingerprint density at radius 1 is 1.04 bits per heavy atom. The second-order valence-corrected chi connectivity index (χ2v) is 5.38. The van der Waals surface area contributed by atoms with E-state index in [-0.39, 0.29) is 0 Å². The number of hydrogen-bond acceptors (Lipinski definition) is 3. The molecule has 0 radical (unpaired) electrons. The number of ether oxygens (including phenoxy) is 1. The molecule has 0 unspecified atom stereocenters. The maximum absolute atomic E-state index is 5.67. The summed E-state index contributed by atoms with van der Waals surface area (Å²) >= 11 is 0. The number of nitrogens with zero attached hydrogens (tertiary/aromatic N) is 2. The van der Waals surface area contributed by atoms with Crippen LogP contribution in [0.15, 0.2) is 59.7 Å². The first-order valence-corrected chi connectivity index (χ1v) is 8.34. The summed E-state index contributed by atoms with van der Waals surface area (Å²) in [5.41, 5.74) is 2.31. The van der Waals surface area contributed by atoms with E-state index in [1.807, 2.05) is 24.3 Å². The number of hydrogen-bond donors (Lipinski definition) is 2. The monoisotopic (exact) mass is 326 g/mol. The Bertz CT molecular complexity index is 587. The van der Waals surface area contributed by atoms with Gasteiger partial charge >= 0.3 is 0 Å². The molecule has 5 nitrogen and oxygen atoms in total. The molecular weight excluding hydrogens is 300 g/mol. The van der Waals surface area contributed by atoms with E-state index < -0.39 is 0 Å². The zero-order valence-electron chi connectivity index (χ0n) is 14.2. The molecule has 128 valence electrons. The van der Waals surface area contributed by atoms with Crippen LogP contribution in [0.1, 0.15) is 17.7 Å². The van der Waals surface area contributed by atoms with Crippen molar-refractivity contribution >= 4 is 5.96 Å². The van der Waals surface area contributed by atoms with Crippen molar-refractivity contribution in [1.29, 1.82) is 0 Å². The molecule has 0 bridgehead atoms. The second kappa shape index (κ2) is 11.2. The highest BCUT2D eigenvalue weighted by molar-refractivity contribution is 5.79. The van der Waals surface area contributed by atoms with Gasteiger partial charge in [0, 0.05) is 26.4 Å². The standard InChI is InChI=1S/C19H26N4O/c1-20-19(23-16-18-10-5-6-12-21-18)22-13-7-14-24-15-11-17-8-3-2-4-9-17/h2-6,8-10,12H,7,11,13-16H2,1H3,(H2,20,22,23). The Morgan fingerprint density at radius 3 is 2.62 bits per heavy atom. The maximum Gasteiger partial charge on any atom is 0.191 e. The summed E-state index contributed by atoms with van der Waals surface area (Å²) in [4.78, 5) is 8.48. The predicted octanol–water partition coefficient (Wildman–Crippen LogP) is 2.40. The van der Waals surface area contributed by atoms with Crippen LogP contribution in [-0.4, -0.2) is 37.7 Å². The Kier molecular flexibility index (Phi) is 8.36. The van der Waals surface area contributed by atoms with Gasteiger partial charge in [-0.05, 0) is 30.5 Å². The number of benzene rings is 1. The summed E-state index contributed by atoms with van der Waals surface area (Å²) in [6.45, 7) is 3.00. The van der Waals surface area contributed by atoms with Gasteiger partial charge in [-0.1, -0.05) is 36.4 Å². The summed E-state index contributed by atoms with van der Waals surface area (Å²) in [6, 6.07) is 16.3. The number of rotatable bonds is 9. The van der Waals surface area contributed by atoms with E-state index in [0.29, 0.717) is 6.54 Å². The molecule has 1 aromatic carbocycles. The third kappa shape index (κ3) is 7.24. The van der Waals surface area contributed by atoms with E-state index in [4.69, 9.17) is 4.74 Å². The third-order valence-corrected chi connectivity index (χ3v) is 3.52. The molecule has 0 fully saturated rings. The number of pyridine rings is 1. The van der Waals surface area contributed by atoms with Gasteiger partial charge < -0.3 is 15.4 Å². The molecular formula is C19H26N4O. The summed E-state index contributed by atoms with van der Waals surface area (Å²) in [7, 11) is 1.77. The third-order valence-electron chi connectivity index (χ3n) is 3.52. The smallest absolute Gasteiger partial charge is 0.191 e. The van der Waals surface area contributed by atoms with E-state index in [9.17, 15) is 0 Å². The SMILES string of the molecule is CN=C(NCCCOCCc1ccccc1)NCc1ccccn1. The normalized spacial score (nSPS) is 11.3. The topological polar surface area (TPSA) is 58.5 Å². The van der Waals surface area contributed by atoms with Gasteiger partial charge in [0.25, 0.3) is 0 Å². The van der Waals surface area contributed by atoms with E-state index in [2.05, 4.69) is 44.9 Å².